The van der Waals surface area contributed by atoms with Gasteiger partial charge in [0, 0.05) is 6.42 Å². The summed E-state index contributed by atoms with van der Waals surface area (Å²) in [5, 5.41) is 2.89. The van der Waals surface area contributed by atoms with Gasteiger partial charge in [-0.15, -0.1) is 0 Å². The van der Waals surface area contributed by atoms with Gasteiger partial charge in [-0.25, -0.2) is 9.59 Å². The number of nitrogens with one attached hydrogen (secondary N) is 1. The molecule has 0 aromatic carbocycles. The topological polar surface area (TPSA) is 92.3 Å². The zero-order valence-electron chi connectivity index (χ0n) is 17.9. The van der Waals surface area contributed by atoms with Gasteiger partial charge >= 0.3 is 12.1 Å². The van der Waals surface area contributed by atoms with Gasteiger partial charge in [0.1, 0.15) is 24.4 Å². The van der Waals surface area contributed by atoms with Crippen LogP contribution in [0.15, 0.2) is 0 Å². The van der Waals surface area contributed by atoms with E-state index in [9.17, 15) is 9.59 Å². The van der Waals surface area contributed by atoms with E-state index in [4.69, 9.17) is 23.7 Å². The number of rotatable bonds is 8. The van der Waals surface area contributed by atoms with Crippen LogP contribution in [-0.4, -0.2) is 61.0 Å². The summed E-state index contributed by atoms with van der Waals surface area (Å²) in [6, 6.07) is -0.322. The van der Waals surface area contributed by atoms with Crippen LogP contribution in [0.25, 0.3) is 0 Å². The molecule has 1 unspecified atom stereocenters. The summed E-state index contributed by atoms with van der Waals surface area (Å²) in [4.78, 5) is 24.0. The van der Waals surface area contributed by atoms with Gasteiger partial charge in [0.2, 0.25) is 0 Å². The summed E-state index contributed by atoms with van der Waals surface area (Å²) in [5.74, 6) is -1.11. The fourth-order valence-corrected chi connectivity index (χ4v) is 3.76. The van der Waals surface area contributed by atoms with E-state index < -0.39 is 23.5 Å². The van der Waals surface area contributed by atoms with E-state index >= 15 is 0 Å². The van der Waals surface area contributed by atoms with E-state index in [0.29, 0.717) is 19.4 Å². The zero-order chi connectivity index (χ0) is 20.9. The van der Waals surface area contributed by atoms with Crippen LogP contribution in [0, 0.1) is 0 Å². The number of hydrogen-bond acceptors (Lipinski definition) is 7. The van der Waals surface area contributed by atoms with E-state index in [2.05, 4.69) is 12.2 Å². The van der Waals surface area contributed by atoms with Crippen molar-refractivity contribution in [3.05, 3.63) is 0 Å². The van der Waals surface area contributed by atoms with Gasteiger partial charge in [0.05, 0.1) is 18.8 Å². The van der Waals surface area contributed by atoms with Gasteiger partial charge in [-0.3, -0.25) is 0 Å². The third kappa shape index (κ3) is 5.81. The first-order chi connectivity index (χ1) is 13.1. The number of esters is 1. The Morgan fingerprint density at radius 2 is 1.82 bits per heavy atom. The molecule has 1 N–H and O–H groups in total. The Kier molecular flexibility index (Phi) is 7.70. The predicted octanol–water partition coefficient (Wildman–Crippen LogP) is 2.92. The minimum absolute atomic E-state index is 0.156. The fourth-order valence-electron chi connectivity index (χ4n) is 3.76. The number of ether oxygens (including phenoxy) is 5. The Labute approximate surface area is 167 Å². The van der Waals surface area contributed by atoms with E-state index in [1.807, 2.05) is 27.7 Å². The number of amides is 1. The summed E-state index contributed by atoms with van der Waals surface area (Å²) in [7, 11) is 0. The van der Waals surface area contributed by atoms with Crippen molar-refractivity contribution in [3.8, 4) is 0 Å². The molecule has 2 aliphatic rings. The fraction of sp³-hybridized carbons (Fsp3) is 0.900. The normalized spacial score (nSPS) is 32.1. The standard InChI is InChI=1S/C20H35NO7/c1-7-10-20(8-2)26-16-13(21-18(23)28-19(4,5)6)11-14(17(16)27-20)25-12-15(22)24-9-3/h13-14,16-17H,7-12H2,1-6H3,(H,21,23)/t13-,14+,16+,17-,20?/m1/s1. The lowest BCUT2D eigenvalue weighted by atomic mass is 10.1. The van der Waals surface area contributed by atoms with Crippen molar-refractivity contribution in [2.45, 2.75) is 103 Å². The molecule has 1 saturated heterocycles. The first-order valence-electron chi connectivity index (χ1n) is 10.3. The summed E-state index contributed by atoms with van der Waals surface area (Å²) in [6.07, 6.45) is 1.23. The molecule has 1 heterocycles. The number of carbonyl (C=O) groups excluding carboxylic acids is 2. The first-order valence-corrected chi connectivity index (χ1v) is 10.3. The molecular weight excluding hydrogens is 366 g/mol. The second-order valence-electron chi connectivity index (χ2n) is 8.32. The van der Waals surface area contributed by atoms with Crippen molar-refractivity contribution in [3.63, 3.8) is 0 Å². The lowest BCUT2D eigenvalue weighted by Gasteiger charge is -2.30. The van der Waals surface area contributed by atoms with Crippen molar-refractivity contribution in [1.82, 2.24) is 5.32 Å². The molecule has 8 heteroatoms. The van der Waals surface area contributed by atoms with Crippen LogP contribution < -0.4 is 5.32 Å². The number of fused-ring (bicyclic) bond motifs is 1. The van der Waals surface area contributed by atoms with E-state index in [0.717, 1.165) is 12.8 Å². The first kappa shape index (κ1) is 22.9. The highest BCUT2D eigenvalue weighted by Gasteiger charge is 2.57. The Hall–Kier alpha value is -1.38. The smallest absolute Gasteiger partial charge is 0.407 e. The monoisotopic (exact) mass is 401 g/mol. The molecule has 0 aromatic heterocycles. The van der Waals surface area contributed by atoms with Crippen LogP contribution in [0.4, 0.5) is 4.79 Å². The van der Waals surface area contributed by atoms with Gasteiger partial charge in [-0.2, -0.15) is 0 Å². The molecule has 1 aliphatic carbocycles. The van der Waals surface area contributed by atoms with Crippen molar-refractivity contribution < 1.29 is 33.3 Å². The molecule has 28 heavy (non-hydrogen) atoms. The number of alkyl carbamates (subject to hydrolysis) is 1. The van der Waals surface area contributed by atoms with Gasteiger partial charge < -0.3 is 29.0 Å². The average molecular weight is 402 g/mol. The molecular formula is C20H35NO7. The van der Waals surface area contributed by atoms with Crippen molar-refractivity contribution >= 4 is 12.1 Å². The van der Waals surface area contributed by atoms with Crippen LogP contribution in [0.1, 0.15) is 67.2 Å². The molecule has 2 fully saturated rings. The highest BCUT2D eigenvalue weighted by atomic mass is 16.8. The van der Waals surface area contributed by atoms with Crippen LogP contribution in [0.2, 0.25) is 0 Å². The van der Waals surface area contributed by atoms with Crippen molar-refractivity contribution in [2.24, 2.45) is 0 Å². The van der Waals surface area contributed by atoms with Crippen LogP contribution in [0.3, 0.4) is 0 Å². The molecule has 0 bridgehead atoms. The molecule has 2 rings (SSSR count). The van der Waals surface area contributed by atoms with Crippen molar-refractivity contribution in [2.75, 3.05) is 13.2 Å². The minimum atomic E-state index is -0.691. The second-order valence-corrected chi connectivity index (χ2v) is 8.32. The Morgan fingerprint density at radius 1 is 1.14 bits per heavy atom. The molecule has 0 radical (unpaired) electrons. The molecule has 1 amide bonds. The maximum absolute atomic E-state index is 12.3. The molecule has 162 valence electrons. The average Bonchev–Trinajstić information content (AvgIpc) is 3.09. The van der Waals surface area contributed by atoms with E-state index in [1.165, 1.54) is 0 Å². The van der Waals surface area contributed by atoms with Crippen LogP contribution in [-0.2, 0) is 28.5 Å². The maximum atomic E-state index is 12.3. The third-order valence-corrected chi connectivity index (χ3v) is 4.87. The Morgan fingerprint density at radius 3 is 2.39 bits per heavy atom. The Bertz CT molecular complexity index is 547. The third-order valence-electron chi connectivity index (χ3n) is 4.87. The molecule has 1 aliphatic heterocycles. The number of carbonyl (C=O) groups is 2. The zero-order valence-corrected chi connectivity index (χ0v) is 17.9. The van der Waals surface area contributed by atoms with Crippen LogP contribution >= 0.6 is 0 Å². The lowest BCUT2D eigenvalue weighted by molar-refractivity contribution is -0.200. The lowest BCUT2D eigenvalue weighted by Crippen LogP contribution is -2.45. The van der Waals surface area contributed by atoms with Crippen molar-refractivity contribution in [1.29, 1.82) is 0 Å². The molecule has 0 aromatic rings. The summed E-state index contributed by atoms with van der Waals surface area (Å²) >= 11 is 0. The quantitative estimate of drug-likeness (QED) is 0.625. The van der Waals surface area contributed by atoms with Gasteiger partial charge in [-0.1, -0.05) is 20.3 Å². The highest BCUT2D eigenvalue weighted by Crippen LogP contribution is 2.43. The van der Waals surface area contributed by atoms with Gasteiger partial charge in [0.15, 0.2) is 5.79 Å². The molecule has 1 saturated carbocycles. The number of hydrogen-bond donors (Lipinski definition) is 1. The summed E-state index contributed by atoms with van der Waals surface area (Å²) < 4.78 is 28.7. The maximum Gasteiger partial charge on any atom is 0.407 e. The Balaban J connectivity index is 2.09. The summed E-state index contributed by atoms with van der Waals surface area (Å²) in [6.45, 7) is 11.4. The minimum Gasteiger partial charge on any atom is -0.464 e. The van der Waals surface area contributed by atoms with E-state index in [1.54, 1.807) is 6.92 Å². The molecule has 8 nitrogen and oxygen atoms in total. The predicted molar refractivity (Wildman–Crippen MR) is 102 cm³/mol. The van der Waals surface area contributed by atoms with Gasteiger partial charge in [-0.05, 0) is 40.5 Å². The van der Waals surface area contributed by atoms with Crippen LogP contribution in [0.5, 0.6) is 0 Å². The molecule has 0 spiro atoms. The van der Waals surface area contributed by atoms with Gasteiger partial charge in [0.25, 0.3) is 0 Å². The van der Waals surface area contributed by atoms with E-state index in [-0.39, 0.29) is 31.0 Å². The SMILES string of the molecule is CCCC1(CC)O[C@@H]2[C@H](O1)[C@@H](OCC(=O)OCC)C[C@H]2NC(=O)OC(C)(C)C. The largest absolute Gasteiger partial charge is 0.464 e. The second kappa shape index (κ2) is 9.41. The molecule has 5 atom stereocenters. The summed E-state index contributed by atoms with van der Waals surface area (Å²) in [5.41, 5.74) is -0.593. The highest BCUT2D eigenvalue weighted by molar-refractivity contribution is 5.70.